The van der Waals surface area contributed by atoms with Gasteiger partial charge in [0.1, 0.15) is 16.3 Å². The molecule has 0 fully saturated rings. The van der Waals surface area contributed by atoms with E-state index in [0.29, 0.717) is 4.64 Å². The average molecular weight is 276 g/mol. The molecule has 2 aromatic rings. The second-order valence-electron chi connectivity index (χ2n) is 4.76. The summed E-state index contributed by atoms with van der Waals surface area (Å²) < 4.78 is 14.1. The molecule has 4 heteroatoms. The first-order valence-corrected chi connectivity index (χ1v) is 6.79. The standard InChI is InChI=1S/C15H17FN2S/c1-4-5-13-17-14(10(3)15(19)18-13)11-6-9(2)7-12(16)8-11/h6-8H,4-5H2,1-3H3,(H,17,18,19). The molecule has 100 valence electrons. The number of H-pyrrole nitrogens is 1. The highest BCUT2D eigenvalue weighted by molar-refractivity contribution is 7.71. The molecule has 1 N–H and O–H groups in total. The molecule has 0 atom stereocenters. The number of hydrogen-bond donors (Lipinski definition) is 1. The molecular formula is C15H17FN2S. The fraction of sp³-hybridized carbons (Fsp3) is 0.333. The number of rotatable bonds is 3. The van der Waals surface area contributed by atoms with Crippen LogP contribution in [-0.4, -0.2) is 9.97 Å². The zero-order valence-electron chi connectivity index (χ0n) is 11.4. The summed E-state index contributed by atoms with van der Waals surface area (Å²) in [5.41, 5.74) is 3.47. The third kappa shape index (κ3) is 3.07. The molecule has 0 aliphatic rings. The minimum absolute atomic E-state index is 0.234. The van der Waals surface area contributed by atoms with Crippen LogP contribution in [0.15, 0.2) is 18.2 Å². The Morgan fingerprint density at radius 2 is 2.00 bits per heavy atom. The van der Waals surface area contributed by atoms with Crippen molar-refractivity contribution in [3.63, 3.8) is 0 Å². The van der Waals surface area contributed by atoms with Gasteiger partial charge in [-0.15, -0.1) is 0 Å². The van der Waals surface area contributed by atoms with Crippen LogP contribution in [0.3, 0.4) is 0 Å². The third-order valence-electron chi connectivity index (χ3n) is 3.02. The van der Waals surface area contributed by atoms with E-state index in [1.165, 1.54) is 12.1 Å². The molecule has 1 heterocycles. The molecule has 0 bridgehead atoms. The first kappa shape index (κ1) is 13.9. The van der Waals surface area contributed by atoms with Crippen molar-refractivity contribution in [2.75, 3.05) is 0 Å². The Morgan fingerprint density at radius 3 is 2.63 bits per heavy atom. The largest absolute Gasteiger partial charge is 0.343 e. The minimum atomic E-state index is -0.234. The number of nitrogens with one attached hydrogen (secondary N) is 1. The highest BCUT2D eigenvalue weighted by Crippen LogP contribution is 2.24. The van der Waals surface area contributed by atoms with Crippen LogP contribution in [0.1, 0.15) is 30.3 Å². The monoisotopic (exact) mass is 276 g/mol. The summed E-state index contributed by atoms with van der Waals surface area (Å²) in [7, 11) is 0. The number of aromatic amines is 1. The molecule has 2 rings (SSSR count). The van der Waals surface area contributed by atoms with Gasteiger partial charge in [0.25, 0.3) is 0 Å². The molecule has 19 heavy (non-hydrogen) atoms. The smallest absolute Gasteiger partial charge is 0.133 e. The third-order valence-corrected chi connectivity index (χ3v) is 3.42. The lowest BCUT2D eigenvalue weighted by atomic mass is 10.1. The molecule has 0 saturated carbocycles. The van der Waals surface area contributed by atoms with E-state index in [2.05, 4.69) is 16.9 Å². The highest BCUT2D eigenvalue weighted by Gasteiger charge is 2.08. The van der Waals surface area contributed by atoms with Crippen LogP contribution in [0.5, 0.6) is 0 Å². The maximum absolute atomic E-state index is 13.5. The Labute approximate surface area is 117 Å². The molecule has 2 nitrogen and oxygen atoms in total. The Morgan fingerprint density at radius 1 is 1.26 bits per heavy atom. The van der Waals surface area contributed by atoms with Gasteiger partial charge >= 0.3 is 0 Å². The summed E-state index contributed by atoms with van der Waals surface area (Å²) in [4.78, 5) is 7.64. The second kappa shape index (κ2) is 5.61. The molecule has 0 aliphatic heterocycles. The quantitative estimate of drug-likeness (QED) is 0.835. The fourth-order valence-electron chi connectivity index (χ4n) is 2.10. The zero-order valence-corrected chi connectivity index (χ0v) is 12.2. The summed E-state index contributed by atoms with van der Waals surface area (Å²) in [5.74, 6) is 0.623. The first-order chi connectivity index (χ1) is 9.01. The minimum Gasteiger partial charge on any atom is -0.343 e. The molecular weight excluding hydrogens is 259 g/mol. The summed E-state index contributed by atoms with van der Waals surface area (Å²) in [5, 5.41) is 0. The van der Waals surface area contributed by atoms with Crippen molar-refractivity contribution in [1.82, 2.24) is 9.97 Å². The second-order valence-corrected chi connectivity index (χ2v) is 5.14. The summed E-state index contributed by atoms with van der Waals surface area (Å²) >= 11 is 5.28. The van der Waals surface area contributed by atoms with Crippen LogP contribution in [-0.2, 0) is 6.42 Å². The fourth-order valence-corrected chi connectivity index (χ4v) is 2.32. The van der Waals surface area contributed by atoms with Crippen LogP contribution in [0.2, 0.25) is 0 Å². The first-order valence-electron chi connectivity index (χ1n) is 6.38. The molecule has 0 radical (unpaired) electrons. The van der Waals surface area contributed by atoms with E-state index in [1.807, 2.05) is 19.9 Å². The van der Waals surface area contributed by atoms with Crippen molar-refractivity contribution in [3.05, 3.63) is 45.6 Å². The lowest BCUT2D eigenvalue weighted by Gasteiger charge is -2.10. The van der Waals surface area contributed by atoms with Gasteiger partial charge in [-0.05, 0) is 44.0 Å². The van der Waals surface area contributed by atoms with Crippen molar-refractivity contribution in [3.8, 4) is 11.3 Å². The van der Waals surface area contributed by atoms with Crippen molar-refractivity contribution in [2.45, 2.75) is 33.6 Å². The van der Waals surface area contributed by atoms with Gasteiger partial charge < -0.3 is 4.98 Å². The number of benzene rings is 1. The normalized spacial score (nSPS) is 10.7. The van der Waals surface area contributed by atoms with E-state index in [0.717, 1.165) is 41.1 Å². The molecule has 0 aliphatic carbocycles. The van der Waals surface area contributed by atoms with Gasteiger partial charge in [0.15, 0.2) is 0 Å². The molecule has 0 spiro atoms. The number of aryl methyl sites for hydroxylation is 2. The summed E-state index contributed by atoms with van der Waals surface area (Å²) in [6, 6.07) is 4.99. The number of aromatic nitrogens is 2. The summed E-state index contributed by atoms with van der Waals surface area (Å²) in [6.07, 6.45) is 1.83. The van der Waals surface area contributed by atoms with E-state index in [4.69, 9.17) is 12.2 Å². The number of halogens is 1. The van der Waals surface area contributed by atoms with Crippen molar-refractivity contribution in [1.29, 1.82) is 0 Å². The van der Waals surface area contributed by atoms with Gasteiger partial charge in [-0.3, -0.25) is 0 Å². The van der Waals surface area contributed by atoms with Gasteiger partial charge in [-0.25, -0.2) is 9.37 Å². The number of nitrogens with zero attached hydrogens (tertiary/aromatic N) is 1. The van der Waals surface area contributed by atoms with Gasteiger partial charge in [0.05, 0.1) is 5.69 Å². The van der Waals surface area contributed by atoms with Crippen LogP contribution < -0.4 is 0 Å². The van der Waals surface area contributed by atoms with Gasteiger partial charge in [0, 0.05) is 17.5 Å². The predicted molar refractivity (Wildman–Crippen MR) is 78.3 cm³/mol. The maximum atomic E-state index is 13.5. The van der Waals surface area contributed by atoms with Gasteiger partial charge in [-0.2, -0.15) is 0 Å². The lowest BCUT2D eigenvalue weighted by Crippen LogP contribution is -2.01. The molecule has 0 amide bonds. The van der Waals surface area contributed by atoms with Crippen molar-refractivity contribution in [2.24, 2.45) is 0 Å². The molecule has 1 aromatic heterocycles. The Bertz CT molecular complexity index is 641. The van der Waals surface area contributed by atoms with Gasteiger partial charge in [0.2, 0.25) is 0 Å². The van der Waals surface area contributed by atoms with Gasteiger partial charge in [-0.1, -0.05) is 19.1 Å². The Kier molecular flexibility index (Phi) is 4.10. The van der Waals surface area contributed by atoms with Crippen molar-refractivity contribution >= 4 is 12.2 Å². The van der Waals surface area contributed by atoms with Crippen molar-refractivity contribution < 1.29 is 4.39 Å². The Balaban J connectivity index is 2.63. The molecule has 0 saturated heterocycles. The summed E-state index contributed by atoms with van der Waals surface area (Å²) in [6.45, 7) is 5.88. The number of hydrogen-bond acceptors (Lipinski definition) is 2. The van der Waals surface area contributed by atoms with E-state index in [9.17, 15) is 4.39 Å². The van der Waals surface area contributed by atoms with Crippen LogP contribution in [0.25, 0.3) is 11.3 Å². The topological polar surface area (TPSA) is 28.7 Å². The highest BCUT2D eigenvalue weighted by atomic mass is 32.1. The van der Waals surface area contributed by atoms with E-state index < -0.39 is 0 Å². The Hall–Kier alpha value is -1.55. The SMILES string of the molecule is CCCc1nc(=S)c(C)c(-c2cc(C)cc(F)c2)[nH]1. The van der Waals surface area contributed by atoms with E-state index >= 15 is 0 Å². The molecule has 1 aromatic carbocycles. The van der Waals surface area contributed by atoms with E-state index in [1.54, 1.807) is 0 Å². The van der Waals surface area contributed by atoms with E-state index in [-0.39, 0.29) is 5.82 Å². The molecule has 0 unspecified atom stereocenters. The predicted octanol–water partition coefficient (Wildman–Crippen LogP) is 4.51. The zero-order chi connectivity index (χ0) is 14.0. The lowest BCUT2D eigenvalue weighted by molar-refractivity contribution is 0.627. The van der Waals surface area contributed by atoms with Crippen LogP contribution >= 0.6 is 12.2 Å². The maximum Gasteiger partial charge on any atom is 0.133 e. The van der Waals surface area contributed by atoms with Crippen LogP contribution in [0.4, 0.5) is 4.39 Å². The average Bonchev–Trinajstić information content (AvgIpc) is 2.32. The van der Waals surface area contributed by atoms with Crippen LogP contribution in [0, 0.1) is 24.3 Å².